The maximum Gasteiger partial charge on any atom is 0.303 e. The summed E-state index contributed by atoms with van der Waals surface area (Å²) in [5.41, 5.74) is 2.66. The lowest BCUT2D eigenvalue weighted by atomic mass is 10.0. The van der Waals surface area contributed by atoms with E-state index in [1.165, 1.54) is 0 Å². The van der Waals surface area contributed by atoms with Gasteiger partial charge in [-0.3, -0.25) is 4.79 Å². The largest absolute Gasteiger partial charge is 0.481 e. The van der Waals surface area contributed by atoms with Crippen molar-refractivity contribution < 1.29 is 15.0 Å². The van der Waals surface area contributed by atoms with Crippen molar-refractivity contribution in [1.82, 2.24) is 15.0 Å². The van der Waals surface area contributed by atoms with Crippen LogP contribution < -0.4 is 0 Å². The van der Waals surface area contributed by atoms with Gasteiger partial charge in [0, 0.05) is 6.42 Å². The van der Waals surface area contributed by atoms with Gasteiger partial charge in [-0.25, -0.2) is 4.68 Å². The monoisotopic (exact) mass is 277 g/mol. The molecule has 0 bridgehead atoms. The molecule has 0 aliphatic rings. The van der Waals surface area contributed by atoms with Crippen LogP contribution in [-0.4, -0.2) is 36.8 Å². The van der Waals surface area contributed by atoms with E-state index >= 15 is 0 Å². The van der Waals surface area contributed by atoms with Gasteiger partial charge in [-0.2, -0.15) is 0 Å². The molecule has 0 saturated heterocycles. The minimum absolute atomic E-state index is 0.101. The Labute approximate surface area is 117 Å². The number of carboxylic acid groups (broad SMARTS) is 1. The van der Waals surface area contributed by atoms with Crippen molar-refractivity contribution in [1.29, 1.82) is 0 Å². The van der Waals surface area contributed by atoms with Crippen molar-refractivity contribution in [3.8, 4) is 0 Å². The summed E-state index contributed by atoms with van der Waals surface area (Å²) < 4.78 is 1.67. The SMILES string of the molecule is Cc1c(CCC(=O)O)ccc2c1nnn2CC(C)(C)O. The van der Waals surface area contributed by atoms with Crippen LogP contribution in [-0.2, 0) is 17.8 Å². The number of carbonyl (C=O) groups is 1. The maximum atomic E-state index is 10.6. The molecule has 2 N–H and O–H groups in total. The molecular formula is C14H19N3O3. The van der Waals surface area contributed by atoms with Gasteiger partial charge in [0.25, 0.3) is 0 Å². The van der Waals surface area contributed by atoms with Crippen LogP contribution in [0.15, 0.2) is 12.1 Å². The van der Waals surface area contributed by atoms with Crippen LogP contribution in [0.2, 0.25) is 0 Å². The molecule has 0 unspecified atom stereocenters. The van der Waals surface area contributed by atoms with Gasteiger partial charge >= 0.3 is 5.97 Å². The van der Waals surface area contributed by atoms with Crippen molar-refractivity contribution in [2.24, 2.45) is 0 Å². The normalized spacial score (nSPS) is 12.0. The topological polar surface area (TPSA) is 88.2 Å². The first-order chi connectivity index (χ1) is 9.28. The van der Waals surface area contributed by atoms with Gasteiger partial charge in [0.05, 0.1) is 17.7 Å². The average Bonchev–Trinajstić information content (AvgIpc) is 2.70. The van der Waals surface area contributed by atoms with Gasteiger partial charge in [0.2, 0.25) is 0 Å². The Bertz CT molecular complexity index is 641. The number of aliphatic carboxylic acids is 1. The standard InChI is InChI=1S/C14H19N3O3/c1-9-10(5-7-12(18)19)4-6-11-13(9)15-16-17(11)8-14(2,3)20/h4,6,20H,5,7-8H2,1-3H3,(H,18,19). The van der Waals surface area contributed by atoms with Crippen molar-refractivity contribution in [2.45, 2.75) is 45.8 Å². The molecule has 0 spiro atoms. The van der Waals surface area contributed by atoms with Gasteiger partial charge in [0.15, 0.2) is 0 Å². The number of fused-ring (bicyclic) bond motifs is 1. The third kappa shape index (κ3) is 3.14. The zero-order valence-corrected chi connectivity index (χ0v) is 11.9. The summed E-state index contributed by atoms with van der Waals surface area (Å²) in [6, 6.07) is 3.79. The third-order valence-electron chi connectivity index (χ3n) is 3.20. The fraction of sp³-hybridized carbons (Fsp3) is 0.500. The van der Waals surface area contributed by atoms with E-state index in [1.54, 1.807) is 18.5 Å². The number of rotatable bonds is 5. The molecule has 2 rings (SSSR count). The Kier molecular flexibility index (Phi) is 3.76. The first-order valence-corrected chi connectivity index (χ1v) is 6.54. The highest BCUT2D eigenvalue weighted by Gasteiger charge is 2.17. The number of aliphatic hydroxyl groups is 1. The highest BCUT2D eigenvalue weighted by atomic mass is 16.4. The number of aromatic nitrogens is 3. The summed E-state index contributed by atoms with van der Waals surface area (Å²) in [6.07, 6.45) is 0.583. The van der Waals surface area contributed by atoms with Gasteiger partial charge in [-0.05, 0) is 44.4 Å². The van der Waals surface area contributed by atoms with Crippen LogP contribution in [0.4, 0.5) is 0 Å². The third-order valence-corrected chi connectivity index (χ3v) is 3.20. The molecule has 20 heavy (non-hydrogen) atoms. The van der Waals surface area contributed by atoms with Gasteiger partial charge in [-0.1, -0.05) is 11.3 Å². The van der Waals surface area contributed by atoms with E-state index in [1.807, 2.05) is 19.1 Å². The molecule has 0 amide bonds. The number of benzene rings is 1. The quantitative estimate of drug-likeness (QED) is 0.865. The Morgan fingerprint density at radius 2 is 2.10 bits per heavy atom. The number of aryl methyl sites for hydroxylation is 2. The molecular weight excluding hydrogens is 258 g/mol. The zero-order valence-electron chi connectivity index (χ0n) is 11.9. The minimum atomic E-state index is -0.865. The van der Waals surface area contributed by atoms with Crippen LogP contribution in [0.5, 0.6) is 0 Å². The van der Waals surface area contributed by atoms with Gasteiger partial charge < -0.3 is 10.2 Å². The Morgan fingerprint density at radius 3 is 2.70 bits per heavy atom. The van der Waals surface area contributed by atoms with Crippen LogP contribution >= 0.6 is 0 Å². The van der Waals surface area contributed by atoms with Crippen molar-refractivity contribution >= 4 is 17.0 Å². The highest BCUT2D eigenvalue weighted by molar-refractivity contribution is 5.79. The lowest BCUT2D eigenvalue weighted by Crippen LogP contribution is -2.26. The molecule has 6 heteroatoms. The molecule has 1 heterocycles. The molecule has 2 aromatic rings. The minimum Gasteiger partial charge on any atom is -0.481 e. The van der Waals surface area contributed by atoms with E-state index in [9.17, 15) is 9.90 Å². The molecule has 1 aromatic heterocycles. The molecule has 1 aromatic carbocycles. The van der Waals surface area contributed by atoms with E-state index in [2.05, 4.69) is 10.3 Å². The first kappa shape index (κ1) is 14.5. The second-order valence-electron chi connectivity index (χ2n) is 5.67. The zero-order chi connectivity index (χ0) is 14.9. The summed E-state index contributed by atoms with van der Waals surface area (Å²) in [5, 5.41) is 26.8. The fourth-order valence-corrected chi connectivity index (χ4v) is 2.20. The molecule has 6 nitrogen and oxygen atoms in total. The first-order valence-electron chi connectivity index (χ1n) is 6.54. The smallest absolute Gasteiger partial charge is 0.303 e. The molecule has 0 fully saturated rings. The van der Waals surface area contributed by atoms with E-state index < -0.39 is 11.6 Å². The molecule has 0 radical (unpaired) electrons. The van der Waals surface area contributed by atoms with Crippen molar-refractivity contribution in [3.63, 3.8) is 0 Å². The van der Waals surface area contributed by atoms with Crippen molar-refractivity contribution in [2.75, 3.05) is 0 Å². The van der Waals surface area contributed by atoms with E-state index in [0.717, 1.165) is 22.2 Å². The number of hydrogen-bond donors (Lipinski definition) is 2. The van der Waals surface area contributed by atoms with Crippen molar-refractivity contribution in [3.05, 3.63) is 23.3 Å². The molecule has 0 atom stereocenters. The lowest BCUT2D eigenvalue weighted by molar-refractivity contribution is -0.136. The molecule has 0 saturated carbocycles. The number of carboxylic acids is 1. The summed E-state index contributed by atoms with van der Waals surface area (Å²) in [5.74, 6) is -0.810. The fourth-order valence-electron chi connectivity index (χ4n) is 2.20. The Morgan fingerprint density at radius 1 is 1.40 bits per heavy atom. The predicted molar refractivity (Wildman–Crippen MR) is 74.5 cm³/mol. The Balaban J connectivity index is 2.36. The number of nitrogens with zero attached hydrogens (tertiary/aromatic N) is 3. The van der Waals surface area contributed by atoms with Gasteiger partial charge in [0.1, 0.15) is 5.52 Å². The maximum absolute atomic E-state index is 10.6. The second kappa shape index (κ2) is 5.20. The lowest BCUT2D eigenvalue weighted by Gasteiger charge is -2.16. The van der Waals surface area contributed by atoms with E-state index in [0.29, 0.717) is 13.0 Å². The second-order valence-corrected chi connectivity index (χ2v) is 5.67. The molecule has 0 aliphatic heterocycles. The Hall–Kier alpha value is -1.95. The summed E-state index contributed by atoms with van der Waals surface area (Å²) in [7, 11) is 0. The van der Waals surface area contributed by atoms with Crippen LogP contribution in [0, 0.1) is 6.92 Å². The van der Waals surface area contributed by atoms with E-state index in [4.69, 9.17) is 5.11 Å². The predicted octanol–water partition coefficient (Wildman–Crippen LogP) is 1.53. The summed E-state index contributed by atoms with van der Waals surface area (Å²) in [6.45, 7) is 5.71. The molecule has 108 valence electrons. The van der Waals surface area contributed by atoms with E-state index in [-0.39, 0.29) is 6.42 Å². The highest BCUT2D eigenvalue weighted by Crippen LogP contribution is 2.22. The summed E-state index contributed by atoms with van der Waals surface area (Å²) in [4.78, 5) is 10.6. The van der Waals surface area contributed by atoms with Crippen LogP contribution in [0.3, 0.4) is 0 Å². The number of hydrogen-bond acceptors (Lipinski definition) is 4. The van der Waals surface area contributed by atoms with Crippen LogP contribution in [0.1, 0.15) is 31.4 Å². The molecule has 0 aliphatic carbocycles. The average molecular weight is 277 g/mol. The van der Waals surface area contributed by atoms with Crippen LogP contribution in [0.25, 0.3) is 11.0 Å². The summed E-state index contributed by atoms with van der Waals surface area (Å²) >= 11 is 0. The van der Waals surface area contributed by atoms with Gasteiger partial charge in [-0.15, -0.1) is 5.10 Å².